The van der Waals surface area contributed by atoms with Gasteiger partial charge in [0.1, 0.15) is 5.69 Å². The van der Waals surface area contributed by atoms with Crippen molar-refractivity contribution in [1.29, 1.82) is 0 Å². The molecule has 3 rings (SSSR count). The van der Waals surface area contributed by atoms with E-state index >= 15 is 0 Å². The van der Waals surface area contributed by atoms with Gasteiger partial charge >= 0.3 is 0 Å². The first-order valence-corrected chi connectivity index (χ1v) is 8.68. The minimum Gasteiger partial charge on any atom is -0.345 e. The second-order valence-electron chi connectivity index (χ2n) is 6.51. The van der Waals surface area contributed by atoms with Gasteiger partial charge in [0, 0.05) is 18.6 Å². The van der Waals surface area contributed by atoms with E-state index in [0.29, 0.717) is 23.8 Å². The fourth-order valence-electron chi connectivity index (χ4n) is 2.71. The number of nitrogens with zero attached hydrogens (tertiary/aromatic N) is 5. The van der Waals surface area contributed by atoms with Crippen molar-refractivity contribution >= 4 is 17.5 Å². The van der Waals surface area contributed by atoms with Gasteiger partial charge in [0.15, 0.2) is 11.5 Å². The van der Waals surface area contributed by atoms with Crippen LogP contribution in [0.15, 0.2) is 43.0 Å². The molecule has 0 aromatic carbocycles. The van der Waals surface area contributed by atoms with Gasteiger partial charge in [0.2, 0.25) is 5.91 Å². The Bertz CT molecular complexity index is 924. The topological polar surface area (TPSA) is 114 Å². The fourth-order valence-corrected chi connectivity index (χ4v) is 2.71. The average molecular weight is 367 g/mol. The molecule has 0 unspecified atom stereocenters. The van der Waals surface area contributed by atoms with Crippen LogP contribution in [-0.4, -0.2) is 42.9 Å². The molecule has 0 aliphatic carbocycles. The summed E-state index contributed by atoms with van der Waals surface area (Å²) in [4.78, 5) is 32.1. The molecule has 0 fully saturated rings. The molecule has 2 amide bonds. The van der Waals surface area contributed by atoms with Crippen LogP contribution in [0, 0.1) is 5.92 Å². The van der Waals surface area contributed by atoms with E-state index in [2.05, 4.69) is 44.6 Å². The van der Waals surface area contributed by atoms with Crippen molar-refractivity contribution in [2.75, 3.05) is 6.54 Å². The molecule has 0 spiro atoms. The van der Waals surface area contributed by atoms with Gasteiger partial charge in [-0.25, -0.2) is 4.98 Å². The molecular weight excluding hydrogens is 346 g/mol. The van der Waals surface area contributed by atoms with Crippen molar-refractivity contribution in [3.8, 4) is 0 Å². The van der Waals surface area contributed by atoms with Crippen molar-refractivity contribution in [3.63, 3.8) is 0 Å². The quantitative estimate of drug-likeness (QED) is 0.647. The van der Waals surface area contributed by atoms with Crippen LogP contribution < -0.4 is 10.6 Å². The predicted molar refractivity (Wildman–Crippen MR) is 97.7 cm³/mol. The summed E-state index contributed by atoms with van der Waals surface area (Å²) < 4.78 is 1.85. The summed E-state index contributed by atoms with van der Waals surface area (Å²) >= 11 is 0. The number of aromatic nitrogens is 5. The molecule has 3 heterocycles. The molecule has 0 saturated heterocycles. The van der Waals surface area contributed by atoms with Gasteiger partial charge < -0.3 is 10.6 Å². The highest BCUT2D eigenvalue weighted by Crippen LogP contribution is 2.20. The monoisotopic (exact) mass is 367 g/mol. The maximum Gasteiger partial charge on any atom is 0.271 e. The van der Waals surface area contributed by atoms with Gasteiger partial charge in [0.05, 0.1) is 18.8 Å². The maximum absolute atomic E-state index is 12.4. The molecule has 0 aliphatic rings. The minimum atomic E-state index is -0.452. The molecule has 3 aromatic heterocycles. The van der Waals surface area contributed by atoms with Crippen LogP contribution in [-0.2, 0) is 4.79 Å². The lowest BCUT2D eigenvalue weighted by molar-refractivity contribution is -0.121. The molecule has 0 aliphatic heterocycles. The molecule has 140 valence electrons. The number of hydrogen-bond donors (Lipinski definition) is 2. The maximum atomic E-state index is 12.4. The Labute approximate surface area is 156 Å². The summed E-state index contributed by atoms with van der Waals surface area (Å²) in [6.07, 6.45) is 6.80. The summed E-state index contributed by atoms with van der Waals surface area (Å²) in [6.45, 7) is 3.97. The zero-order valence-electron chi connectivity index (χ0n) is 15.2. The van der Waals surface area contributed by atoms with Crippen molar-refractivity contribution in [3.05, 3.63) is 54.5 Å². The lowest BCUT2D eigenvalue weighted by atomic mass is 10.0. The van der Waals surface area contributed by atoms with E-state index in [1.807, 2.05) is 28.8 Å². The summed E-state index contributed by atoms with van der Waals surface area (Å²) in [6, 6.07) is 5.30. The zero-order valence-corrected chi connectivity index (χ0v) is 15.2. The van der Waals surface area contributed by atoms with Crippen LogP contribution >= 0.6 is 0 Å². The number of nitrogens with one attached hydrogen (secondary N) is 2. The first-order valence-electron chi connectivity index (χ1n) is 8.68. The van der Waals surface area contributed by atoms with Crippen LogP contribution in [0.25, 0.3) is 5.65 Å². The number of pyridine rings is 1. The Kier molecular flexibility index (Phi) is 5.70. The first kappa shape index (κ1) is 18.4. The number of carbonyl (C=O) groups is 2. The van der Waals surface area contributed by atoms with Gasteiger partial charge in [0.25, 0.3) is 5.91 Å². The Morgan fingerprint density at radius 2 is 2.04 bits per heavy atom. The molecule has 9 heteroatoms. The van der Waals surface area contributed by atoms with Crippen LogP contribution in [0.4, 0.5) is 0 Å². The van der Waals surface area contributed by atoms with E-state index in [9.17, 15) is 9.59 Å². The second-order valence-corrected chi connectivity index (χ2v) is 6.51. The Morgan fingerprint density at radius 1 is 1.19 bits per heavy atom. The van der Waals surface area contributed by atoms with Crippen molar-refractivity contribution in [2.24, 2.45) is 5.92 Å². The van der Waals surface area contributed by atoms with Gasteiger partial charge in [-0.3, -0.25) is 19.0 Å². The highest BCUT2D eigenvalue weighted by atomic mass is 16.2. The molecule has 1 atom stereocenters. The third-order valence-electron chi connectivity index (χ3n) is 3.90. The van der Waals surface area contributed by atoms with E-state index < -0.39 is 5.91 Å². The third kappa shape index (κ3) is 4.63. The normalized spacial score (nSPS) is 12.1. The number of fused-ring (bicyclic) bond motifs is 1. The van der Waals surface area contributed by atoms with Gasteiger partial charge in [-0.2, -0.15) is 0 Å². The predicted octanol–water partition coefficient (Wildman–Crippen LogP) is 1.15. The average Bonchev–Trinajstić information content (AvgIpc) is 3.10. The summed E-state index contributed by atoms with van der Waals surface area (Å²) in [5.41, 5.74) is 0.874. The van der Waals surface area contributed by atoms with Gasteiger partial charge in [-0.15, -0.1) is 10.2 Å². The second kappa shape index (κ2) is 8.35. The van der Waals surface area contributed by atoms with Crippen molar-refractivity contribution in [1.82, 2.24) is 35.2 Å². The summed E-state index contributed by atoms with van der Waals surface area (Å²) in [5.74, 6) is 0.227. The largest absolute Gasteiger partial charge is 0.345 e. The lowest BCUT2D eigenvalue weighted by Crippen LogP contribution is -2.39. The molecule has 2 N–H and O–H groups in total. The molecule has 9 nitrogen and oxygen atoms in total. The Balaban J connectivity index is 1.67. The molecule has 0 saturated carbocycles. The van der Waals surface area contributed by atoms with Crippen molar-refractivity contribution < 1.29 is 9.59 Å². The van der Waals surface area contributed by atoms with Gasteiger partial charge in [-0.1, -0.05) is 19.9 Å². The molecule has 0 bridgehead atoms. The van der Waals surface area contributed by atoms with Crippen LogP contribution in [0.5, 0.6) is 0 Å². The Hall–Kier alpha value is -3.36. The first-order chi connectivity index (χ1) is 13.0. The minimum absolute atomic E-state index is 0.160. The zero-order chi connectivity index (χ0) is 19.2. The van der Waals surface area contributed by atoms with Crippen LogP contribution in [0.1, 0.15) is 42.6 Å². The highest BCUT2D eigenvalue weighted by molar-refractivity contribution is 5.94. The highest BCUT2D eigenvalue weighted by Gasteiger charge is 2.22. The van der Waals surface area contributed by atoms with Crippen LogP contribution in [0.3, 0.4) is 0 Å². The number of rotatable bonds is 7. The van der Waals surface area contributed by atoms with E-state index in [0.717, 1.165) is 0 Å². The van der Waals surface area contributed by atoms with E-state index in [1.165, 1.54) is 18.6 Å². The summed E-state index contributed by atoms with van der Waals surface area (Å²) in [7, 11) is 0. The molecule has 27 heavy (non-hydrogen) atoms. The molecule has 0 radical (unpaired) electrons. The van der Waals surface area contributed by atoms with Crippen molar-refractivity contribution in [2.45, 2.75) is 26.3 Å². The smallest absolute Gasteiger partial charge is 0.271 e. The SMILES string of the molecule is CC(C)C[C@H](NC(=O)CNC(=O)c1cnccn1)c1nnc2ccccn12. The fraction of sp³-hybridized carbons (Fsp3) is 0.333. The van der Waals surface area contributed by atoms with Gasteiger partial charge in [-0.05, 0) is 24.5 Å². The molecular formula is C18H21N7O2. The lowest BCUT2D eigenvalue weighted by Gasteiger charge is -2.19. The third-order valence-corrected chi connectivity index (χ3v) is 3.90. The standard InChI is InChI=1S/C18H21N7O2/c1-12(2)9-13(17-24-23-15-5-3-4-8-25(15)17)22-16(26)11-21-18(27)14-10-19-6-7-20-14/h3-8,10,12-13H,9,11H2,1-2H3,(H,21,27)(H,22,26)/t13-/m0/s1. The Morgan fingerprint density at radius 3 is 2.78 bits per heavy atom. The number of carbonyl (C=O) groups excluding carboxylic acids is 2. The number of hydrogen-bond acceptors (Lipinski definition) is 6. The van der Waals surface area contributed by atoms with Crippen LogP contribution in [0.2, 0.25) is 0 Å². The number of amides is 2. The van der Waals surface area contributed by atoms with E-state index in [-0.39, 0.29) is 24.2 Å². The van der Waals surface area contributed by atoms with E-state index in [1.54, 1.807) is 0 Å². The summed E-state index contributed by atoms with van der Waals surface area (Å²) in [5, 5.41) is 13.9. The molecule has 3 aromatic rings. The van der Waals surface area contributed by atoms with E-state index in [4.69, 9.17) is 0 Å².